The first-order valence-corrected chi connectivity index (χ1v) is 10.9. The minimum absolute atomic E-state index is 0.0798. The second-order valence-corrected chi connectivity index (χ2v) is 7.44. The quantitative estimate of drug-likeness (QED) is 0.501. The molecule has 0 fully saturated rings. The van der Waals surface area contributed by atoms with Gasteiger partial charge < -0.3 is 15.0 Å². The van der Waals surface area contributed by atoms with E-state index in [-0.39, 0.29) is 11.9 Å². The molecule has 0 aliphatic rings. The second kappa shape index (κ2) is 10.6. The third kappa shape index (κ3) is 5.35. The van der Waals surface area contributed by atoms with Gasteiger partial charge in [-0.3, -0.25) is 4.79 Å². The van der Waals surface area contributed by atoms with E-state index < -0.39 is 0 Å². The normalized spacial score (nSPS) is 10.6. The fraction of sp³-hybridized carbons (Fsp3) is 0.320. The Balaban J connectivity index is 1.66. The van der Waals surface area contributed by atoms with Gasteiger partial charge in [0.1, 0.15) is 0 Å². The first-order chi connectivity index (χ1) is 15.4. The van der Waals surface area contributed by atoms with E-state index in [9.17, 15) is 9.59 Å². The molecule has 32 heavy (non-hydrogen) atoms. The summed E-state index contributed by atoms with van der Waals surface area (Å²) >= 11 is 0. The molecular weight excluding hydrogens is 404 g/mol. The van der Waals surface area contributed by atoms with E-state index in [1.807, 2.05) is 67.9 Å². The van der Waals surface area contributed by atoms with Gasteiger partial charge in [0.15, 0.2) is 0 Å². The van der Waals surface area contributed by atoms with Crippen LogP contribution < -0.4 is 10.2 Å². The largest absolute Gasteiger partial charge is 0.462 e. The summed E-state index contributed by atoms with van der Waals surface area (Å²) in [6.45, 7) is 9.21. The average Bonchev–Trinajstić information content (AvgIpc) is 3.08. The lowest BCUT2D eigenvalue weighted by Crippen LogP contribution is -2.28. The zero-order valence-corrected chi connectivity index (χ0v) is 19.1. The molecular formula is C25H30N4O3. The highest BCUT2D eigenvalue weighted by Crippen LogP contribution is 2.23. The van der Waals surface area contributed by atoms with Crippen LogP contribution in [0.3, 0.4) is 0 Å². The van der Waals surface area contributed by atoms with E-state index in [2.05, 4.69) is 15.3 Å². The molecule has 7 nitrogen and oxygen atoms in total. The van der Waals surface area contributed by atoms with E-state index >= 15 is 0 Å². The lowest BCUT2D eigenvalue weighted by molar-refractivity contribution is -0.116. The van der Waals surface area contributed by atoms with Crippen molar-refractivity contribution >= 4 is 23.3 Å². The maximum Gasteiger partial charge on any atom is 0.338 e. The van der Waals surface area contributed by atoms with Crippen LogP contribution in [0.5, 0.6) is 0 Å². The molecule has 168 valence electrons. The van der Waals surface area contributed by atoms with Gasteiger partial charge in [-0.15, -0.1) is 0 Å². The number of nitrogens with zero attached hydrogens (tertiary/aromatic N) is 3. The van der Waals surface area contributed by atoms with Crippen molar-refractivity contribution in [3.8, 4) is 5.69 Å². The molecule has 1 amide bonds. The highest BCUT2D eigenvalue weighted by molar-refractivity contribution is 5.92. The summed E-state index contributed by atoms with van der Waals surface area (Å²) in [4.78, 5) is 26.8. The predicted octanol–water partition coefficient (Wildman–Crippen LogP) is 4.52. The van der Waals surface area contributed by atoms with Crippen molar-refractivity contribution in [3.63, 3.8) is 0 Å². The predicted molar refractivity (Wildman–Crippen MR) is 127 cm³/mol. The van der Waals surface area contributed by atoms with Gasteiger partial charge in [-0.05, 0) is 58.0 Å². The van der Waals surface area contributed by atoms with Gasteiger partial charge >= 0.3 is 5.97 Å². The molecule has 1 N–H and O–H groups in total. The monoisotopic (exact) mass is 434 g/mol. The topological polar surface area (TPSA) is 76.5 Å². The zero-order chi connectivity index (χ0) is 23.1. The van der Waals surface area contributed by atoms with Gasteiger partial charge in [-0.2, -0.15) is 5.10 Å². The maximum atomic E-state index is 12.7. The van der Waals surface area contributed by atoms with E-state index in [1.165, 1.54) is 0 Å². The molecule has 0 atom stereocenters. The molecule has 1 heterocycles. The Labute approximate surface area is 189 Å². The average molecular weight is 435 g/mol. The molecule has 0 aliphatic heterocycles. The Bertz CT molecular complexity index is 1080. The van der Waals surface area contributed by atoms with Crippen LogP contribution in [0.2, 0.25) is 0 Å². The number of hydrogen-bond donors (Lipinski definition) is 1. The van der Waals surface area contributed by atoms with Crippen LogP contribution >= 0.6 is 0 Å². The minimum atomic E-state index is -0.343. The third-order valence-electron chi connectivity index (χ3n) is 5.27. The Kier molecular flexibility index (Phi) is 7.65. The molecule has 0 saturated carbocycles. The minimum Gasteiger partial charge on any atom is -0.462 e. The van der Waals surface area contributed by atoms with Crippen LogP contribution in [0.15, 0.2) is 54.6 Å². The Morgan fingerprint density at radius 1 is 1.06 bits per heavy atom. The molecule has 1 aromatic heterocycles. The van der Waals surface area contributed by atoms with E-state index in [0.29, 0.717) is 31.7 Å². The van der Waals surface area contributed by atoms with E-state index in [4.69, 9.17) is 4.74 Å². The fourth-order valence-electron chi connectivity index (χ4n) is 3.60. The molecule has 3 rings (SSSR count). The van der Waals surface area contributed by atoms with Crippen molar-refractivity contribution in [2.75, 3.05) is 29.9 Å². The number of rotatable bonds is 9. The van der Waals surface area contributed by atoms with Gasteiger partial charge in [0.2, 0.25) is 5.91 Å². The number of nitrogens with one attached hydrogen (secondary N) is 1. The molecule has 3 aromatic rings. The molecule has 7 heteroatoms. The molecule has 0 aliphatic carbocycles. The van der Waals surface area contributed by atoms with Crippen molar-refractivity contribution in [1.29, 1.82) is 0 Å². The molecule has 0 saturated heterocycles. The van der Waals surface area contributed by atoms with Crippen LogP contribution in [0.4, 0.5) is 11.4 Å². The van der Waals surface area contributed by atoms with Crippen LogP contribution in [0.25, 0.3) is 5.69 Å². The number of amides is 1. The Hall–Kier alpha value is -3.61. The lowest BCUT2D eigenvalue weighted by Gasteiger charge is -2.23. The number of benzene rings is 2. The van der Waals surface area contributed by atoms with Crippen LogP contribution in [-0.2, 0) is 9.53 Å². The summed E-state index contributed by atoms with van der Waals surface area (Å²) in [6.07, 6.45) is 0.312. The summed E-state index contributed by atoms with van der Waals surface area (Å²) in [6, 6.07) is 17.1. The zero-order valence-electron chi connectivity index (χ0n) is 19.1. The lowest BCUT2D eigenvalue weighted by atomic mass is 10.2. The van der Waals surface area contributed by atoms with Gasteiger partial charge in [0, 0.05) is 25.2 Å². The number of carbonyl (C=O) groups is 2. The number of anilines is 2. The summed E-state index contributed by atoms with van der Waals surface area (Å²) in [5, 5.41) is 7.60. The maximum absolute atomic E-state index is 12.7. The van der Waals surface area contributed by atoms with Crippen molar-refractivity contribution in [1.82, 2.24) is 9.78 Å². The highest BCUT2D eigenvalue weighted by atomic mass is 16.5. The van der Waals surface area contributed by atoms with E-state index in [1.54, 1.807) is 19.1 Å². The summed E-state index contributed by atoms with van der Waals surface area (Å²) in [7, 11) is 0. The van der Waals surface area contributed by atoms with Crippen molar-refractivity contribution < 1.29 is 14.3 Å². The summed E-state index contributed by atoms with van der Waals surface area (Å²) < 4.78 is 6.93. The van der Waals surface area contributed by atoms with Crippen LogP contribution in [0.1, 0.15) is 42.0 Å². The third-order valence-corrected chi connectivity index (χ3v) is 5.27. The van der Waals surface area contributed by atoms with Gasteiger partial charge in [-0.1, -0.05) is 24.3 Å². The molecule has 0 bridgehead atoms. The van der Waals surface area contributed by atoms with Gasteiger partial charge in [0.05, 0.1) is 34.9 Å². The summed E-state index contributed by atoms with van der Waals surface area (Å²) in [5.74, 6) is -0.423. The fourth-order valence-corrected chi connectivity index (χ4v) is 3.60. The first-order valence-electron chi connectivity index (χ1n) is 10.9. The molecule has 2 aromatic carbocycles. The first kappa shape index (κ1) is 23.1. The van der Waals surface area contributed by atoms with Crippen molar-refractivity contribution in [2.45, 2.75) is 34.1 Å². The Morgan fingerprint density at radius 3 is 2.50 bits per heavy atom. The van der Waals surface area contributed by atoms with Crippen LogP contribution in [-0.4, -0.2) is 41.4 Å². The second-order valence-electron chi connectivity index (χ2n) is 7.44. The SMILES string of the molecule is CCOC(=O)c1cccc(N(CC)CCC(=O)Nc2c(C)nn(-c3ccccc3)c2C)c1. The number of aromatic nitrogens is 2. The van der Waals surface area contributed by atoms with Gasteiger partial charge in [0.25, 0.3) is 0 Å². The molecule has 0 unspecified atom stereocenters. The standard InChI is InChI=1S/C25H30N4O3/c1-5-28(22-14-10-11-20(17-22)25(31)32-6-2)16-15-23(30)26-24-18(3)27-29(19(24)4)21-12-8-7-9-13-21/h7-14,17H,5-6,15-16H2,1-4H3,(H,26,30). The number of carbonyl (C=O) groups excluding carboxylic acids is 2. The number of ether oxygens (including phenoxy) is 1. The summed E-state index contributed by atoms with van der Waals surface area (Å²) in [5.41, 5.74) is 4.74. The van der Waals surface area contributed by atoms with Gasteiger partial charge in [-0.25, -0.2) is 9.48 Å². The van der Waals surface area contributed by atoms with Crippen molar-refractivity contribution in [3.05, 3.63) is 71.5 Å². The van der Waals surface area contributed by atoms with E-state index in [0.717, 1.165) is 28.5 Å². The number of esters is 1. The number of aryl methyl sites for hydroxylation is 1. The smallest absolute Gasteiger partial charge is 0.338 e. The highest BCUT2D eigenvalue weighted by Gasteiger charge is 2.16. The Morgan fingerprint density at radius 2 is 1.81 bits per heavy atom. The molecule has 0 radical (unpaired) electrons. The number of hydrogen-bond acceptors (Lipinski definition) is 5. The van der Waals surface area contributed by atoms with Crippen molar-refractivity contribution in [2.24, 2.45) is 0 Å². The number of para-hydroxylation sites is 1. The molecule has 0 spiro atoms. The van der Waals surface area contributed by atoms with Crippen LogP contribution in [0, 0.1) is 13.8 Å².